The summed E-state index contributed by atoms with van der Waals surface area (Å²) in [5.41, 5.74) is 0. The van der Waals surface area contributed by atoms with Crippen LogP contribution in [0.5, 0.6) is 0 Å². The van der Waals surface area contributed by atoms with Gasteiger partial charge in [0.2, 0.25) is 5.89 Å². The molecule has 18 heavy (non-hydrogen) atoms. The highest BCUT2D eigenvalue weighted by atomic mass is 16.5. The molecule has 5 nitrogen and oxygen atoms in total. The van der Waals surface area contributed by atoms with Crippen molar-refractivity contribution in [3.63, 3.8) is 0 Å². The Morgan fingerprint density at radius 2 is 1.94 bits per heavy atom. The first-order valence-corrected chi connectivity index (χ1v) is 7.06. The molecule has 1 aliphatic heterocycles. The lowest BCUT2D eigenvalue weighted by molar-refractivity contribution is 0.373. The van der Waals surface area contributed by atoms with Gasteiger partial charge in [-0.1, -0.05) is 26.7 Å². The Morgan fingerprint density at radius 3 is 2.61 bits per heavy atom. The molecule has 1 aromatic rings. The van der Waals surface area contributed by atoms with Gasteiger partial charge in [0.15, 0.2) is 0 Å². The zero-order valence-corrected chi connectivity index (χ0v) is 11.5. The molecule has 0 saturated carbocycles. The van der Waals surface area contributed by atoms with Gasteiger partial charge in [-0.25, -0.2) is 0 Å². The van der Waals surface area contributed by atoms with Gasteiger partial charge < -0.3 is 14.7 Å². The van der Waals surface area contributed by atoms with E-state index in [1.807, 2.05) is 0 Å². The number of anilines is 1. The van der Waals surface area contributed by atoms with Crippen LogP contribution in [-0.2, 0) is 6.42 Å². The predicted molar refractivity (Wildman–Crippen MR) is 71.8 cm³/mol. The Morgan fingerprint density at radius 1 is 1.22 bits per heavy atom. The molecule has 0 bridgehead atoms. The molecule has 0 spiro atoms. The van der Waals surface area contributed by atoms with Crippen molar-refractivity contribution < 1.29 is 4.52 Å². The molecule has 2 rings (SSSR count). The number of nitrogens with zero attached hydrogens (tertiary/aromatic N) is 3. The quantitative estimate of drug-likeness (QED) is 0.868. The molecule has 2 heterocycles. The van der Waals surface area contributed by atoms with E-state index in [0.29, 0.717) is 6.04 Å². The van der Waals surface area contributed by atoms with Crippen LogP contribution in [0.1, 0.15) is 45.4 Å². The minimum atomic E-state index is 0.498. The van der Waals surface area contributed by atoms with E-state index in [4.69, 9.17) is 4.52 Å². The van der Waals surface area contributed by atoms with E-state index in [1.54, 1.807) is 0 Å². The molecule has 0 atom stereocenters. The van der Waals surface area contributed by atoms with Crippen molar-refractivity contribution in [2.75, 3.05) is 24.5 Å². The second kappa shape index (κ2) is 6.73. The van der Waals surface area contributed by atoms with Crippen LogP contribution in [0.4, 0.5) is 5.95 Å². The van der Waals surface area contributed by atoms with Crippen molar-refractivity contribution in [1.29, 1.82) is 0 Å². The van der Waals surface area contributed by atoms with Crippen LogP contribution in [0.3, 0.4) is 0 Å². The monoisotopic (exact) mass is 252 g/mol. The van der Waals surface area contributed by atoms with E-state index in [2.05, 4.69) is 34.2 Å². The number of rotatable bonds is 5. The Hall–Kier alpha value is -1.10. The fraction of sp³-hybridized carbons (Fsp3) is 0.846. The molecule has 5 heteroatoms. The van der Waals surface area contributed by atoms with Crippen LogP contribution in [-0.4, -0.2) is 35.8 Å². The van der Waals surface area contributed by atoms with Gasteiger partial charge in [0.1, 0.15) is 0 Å². The maximum atomic E-state index is 5.30. The molecule has 0 aromatic carbocycles. The van der Waals surface area contributed by atoms with E-state index in [1.165, 1.54) is 25.7 Å². The summed E-state index contributed by atoms with van der Waals surface area (Å²) in [5.74, 6) is 1.51. The molecular weight excluding hydrogens is 228 g/mol. The Balaban J connectivity index is 1.84. The fourth-order valence-electron chi connectivity index (χ4n) is 2.21. The van der Waals surface area contributed by atoms with Crippen molar-refractivity contribution in [3.8, 4) is 0 Å². The van der Waals surface area contributed by atoms with Crippen LogP contribution in [0.2, 0.25) is 0 Å². The van der Waals surface area contributed by atoms with E-state index < -0.39 is 0 Å². The van der Waals surface area contributed by atoms with Crippen molar-refractivity contribution in [1.82, 2.24) is 15.5 Å². The van der Waals surface area contributed by atoms with Crippen LogP contribution in [0.15, 0.2) is 4.52 Å². The molecule has 0 aliphatic carbocycles. The van der Waals surface area contributed by atoms with Crippen molar-refractivity contribution in [2.24, 2.45) is 0 Å². The second-order valence-corrected chi connectivity index (χ2v) is 5.25. The molecule has 0 unspecified atom stereocenters. The largest absolute Gasteiger partial charge is 0.338 e. The minimum Gasteiger partial charge on any atom is -0.338 e. The summed E-state index contributed by atoms with van der Waals surface area (Å²) in [5, 5.41) is 7.44. The highest BCUT2D eigenvalue weighted by Crippen LogP contribution is 2.16. The lowest BCUT2D eigenvalue weighted by Gasteiger charge is -2.16. The van der Waals surface area contributed by atoms with Crippen molar-refractivity contribution in [3.05, 3.63) is 5.89 Å². The summed E-state index contributed by atoms with van der Waals surface area (Å²) < 4.78 is 5.30. The molecule has 1 fully saturated rings. The van der Waals surface area contributed by atoms with Gasteiger partial charge in [-0.05, 0) is 18.0 Å². The third-order valence-corrected chi connectivity index (χ3v) is 3.24. The van der Waals surface area contributed by atoms with Crippen LogP contribution >= 0.6 is 0 Å². The summed E-state index contributed by atoms with van der Waals surface area (Å²) in [6.07, 6.45) is 5.91. The van der Waals surface area contributed by atoms with Gasteiger partial charge in [0.05, 0.1) is 0 Å². The van der Waals surface area contributed by atoms with Gasteiger partial charge in [-0.3, -0.25) is 0 Å². The van der Waals surface area contributed by atoms with Gasteiger partial charge in [0.25, 0.3) is 5.95 Å². The van der Waals surface area contributed by atoms with E-state index >= 15 is 0 Å². The number of hydrogen-bond acceptors (Lipinski definition) is 5. The fourth-order valence-corrected chi connectivity index (χ4v) is 2.21. The summed E-state index contributed by atoms with van der Waals surface area (Å²) in [4.78, 5) is 6.73. The SMILES string of the molecule is CC(C)NCCc1nc(N2CCCCCC2)no1. The third kappa shape index (κ3) is 3.98. The highest BCUT2D eigenvalue weighted by Gasteiger charge is 2.15. The summed E-state index contributed by atoms with van der Waals surface area (Å²) in [6, 6.07) is 0.498. The molecular formula is C13H24N4O. The number of nitrogens with one attached hydrogen (secondary N) is 1. The van der Waals surface area contributed by atoms with Gasteiger partial charge in [-0.15, -0.1) is 0 Å². The number of hydrogen-bond donors (Lipinski definition) is 1. The first-order chi connectivity index (χ1) is 8.75. The zero-order valence-electron chi connectivity index (χ0n) is 11.5. The first kappa shape index (κ1) is 13.3. The Kier molecular flexibility index (Phi) is 4.99. The van der Waals surface area contributed by atoms with Crippen molar-refractivity contribution in [2.45, 2.75) is 52.0 Å². The van der Waals surface area contributed by atoms with Gasteiger partial charge in [-0.2, -0.15) is 4.98 Å². The third-order valence-electron chi connectivity index (χ3n) is 3.24. The minimum absolute atomic E-state index is 0.498. The van der Waals surface area contributed by atoms with Crippen LogP contribution in [0.25, 0.3) is 0 Å². The van der Waals surface area contributed by atoms with E-state index in [0.717, 1.165) is 37.9 Å². The average molecular weight is 252 g/mol. The van der Waals surface area contributed by atoms with Crippen molar-refractivity contribution >= 4 is 5.95 Å². The molecule has 0 radical (unpaired) electrons. The zero-order chi connectivity index (χ0) is 12.8. The van der Waals surface area contributed by atoms with Crippen LogP contribution in [0, 0.1) is 0 Å². The van der Waals surface area contributed by atoms with Crippen LogP contribution < -0.4 is 10.2 Å². The predicted octanol–water partition coefficient (Wildman–Crippen LogP) is 1.99. The maximum Gasteiger partial charge on any atom is 0.266 e. The van der Waals surface area contributed by atoms with Gasteiger partial charge >= 0.3 is 0 Å². The smallest absolute Gasteiger partial charge is 0.266 e. The molecule has 1 N–H and O–H groups in total. The molecule has 1 aromatic heterocycles. The van der Waals surface area contributed by atoms with E-state index in [9.17, 15) is 0 Å². The molecule has 0 amide bonds. The summed E-state index contributed by atoms with van der Waals surface area (Å²) in [7, 11) is 0. The van der Waals surface area contributed by atoms with Gasteiger partial charge in [0, 0.05) is 32.1 Å². The first-order valence-electron chi connectivity index (χ1n) is 7.06. The van der Waals surface area contributed by atoms with E-state index in [-0.39, 0.29) is 0 Å². The summed E-state index contributed by atoms with van der Waals surface area (Å²) in [6.45, 7) is 7.28. The standard InChI is InChI=1S/C13H24N4O/c1-11(2)14-8-7-12-15-13(16-18-12)17-9-5-3-4-6-10-17/h11,14H,3-10H2,1-2H3. The summed E-state index contributed by atoms with van der Waals surface area (Å²) >= 11 is 0. The Labute approximate surface area is 109 Å². The average Bonchev–Trinajstić information content (AvgIpc) is 2.63. The lowest BCUT2D eigenvalue weighted by Crippen LogP contribution is -2.26. The number of aromatic nitrogens is 2. The molecule has 1 saturated heterocycles. The lowest BCUT2D eigenvalue weighted by atomic mass is 10.2. The topological polar surface area (TPSA) is 54.2 Å². The second-order valence-electron chi connectivity index (χ2n) is 5.25. The Bertz CT molecular complexity index is 343. The maximum absolute atomic E-state index is 5.30. The normalized spacial score (nSPS) is 17.2. The molecule has 102 valence electrons. The molecule has 1 aliphatic rings. The highest BCUT2D eigenvalue weighted by molar-refractivity contribution is 5.27.